The van der Waals surface area contributed by atoms with E-state index >= 15 is 0 Å². The predicted molar refractivity (Wildman–Crippen MR) is 105 cm³/mol. The number of hydrogen-bond acceptors (Lipinski definition) is 2. The zero-order chi connectivity index (χ0) is 15.6. The number of aromatic nitrogens is 2. The third kappa shape index (κ3) is 4.39. The van der Waals surface area contributed by atoms with Gasteiger partial charge in [0, 0.05) is 45.8 Å². The summed E-state index contributed by atoms with van der Waals surface area (Å²) in [5.41, 5.74) is 1.81. The standard InChI is InChI=1S/C17H29N5.HI/c1-17(7-4-5-8-17)13-19-16(18-2)22-9-6-14(12-22)15-10-20-21(3)11-15;/h10-11,14H,4-9,12-13H2,1-3H3,(H,18,19);1H. The Morgan fingerprint density at radius 1 is 1.43 bits per heavy atom. The number of rotatable bonds is 3. The second-order valence-electron chi connectivity index (χ2n) is 7.30. The van der Waals surface area contributed by atoms with Crippen LogP contribution in [0, 0.1) is 5.41 Å². The molecule has 1 N–H and O–H groups in total. The van der Waals surface area contributed by atoms with Crippen LogP contribution in [0.25, 0.3) is 0 Å². The summed E-state index contributed by atoms with van der Waals surface area (Å²) >= 11 is 0. The molecule has 1 saturated carbocycles. The first-order valence-electron chi connectivity index (χ1n) is 8.54. The van der Waals surface area contributed by atoms with Crippen LogP contribution in [-0.4, -0.2) is 47.3 Å². The summed E-state index contributed by atoms with van der Waals surface area (Å²) in [6.45, 7) is 5.58. The van der Waals surface area contributed by atoms with Crippen LogP contribution in [-0.2, 0) is 7.05 Å². The number of guanidine groups is 1. The van der Waals surface area contributed by atoms with Crippen molar-refractivity contribution in [2.75, 3.05) is 26.7 Å². The molecule has 0 spiro atoms. The normalized spacial score (nSPS) is 23.9. The Hall–Kier alpha value is -0.790. The Morgan fingerprint density at radius 3 is 2.78 bits per heavy atom. The first-order valence-corrected chi connectivity index (χ1v) is 8.54. The first-order chi connectivity index (χ1) is 10.6. The van der Waals surface area contributed by atoms with Crippen molar-refractivity contribution in [2.24, 2.45) is 17.5 Å². The summed E-state index contributed by atoms with van der Waals surface area (Å²) in [6, 6.07) is 0. The first kappa shape index (κ1) is 18.5. The number of likely N-dealkylation sites (tertiary alicyclic amines) is 1. The SMILES string of the molecule is CN=C(NCC1(C)CCCC1)N1CCC(c2cnn(C)c2)C1.I. The van der Waals surface area contributed by atoms with Gasteiger partial charge in [0.1, 0.15) is 0 Å². The Morgan fingerprint density at radius 2 is 2.17 bits per heavy atom. The molecule has 2 aliphatic rings. The van der Waals surface area contributed by atoms with Crippen molar-refractivity contribution >= 4 is 29.9 Å². The monoisotopic (exact) mass is 431 g/mol. The average molecular weight is 431 g/mol. The number of halogens is 1. The summed E-state index contributed by atoms with van der Waals surface area (Å²) < 4.78 is 1.89. The van der Waals surface area contributed by atoms with Crippen LogP contribution < -0.4 is 5.32 Å². The summed E-state index contributed by atoms with van der Waals surface area (Å²) in [4.78, 5) is 6.90. The second kappa shape index (κ2) is 7.85. The molecular formula is C17H30IN5. The molecule has 2 heterocycles. The molecule has 1 saturated heterocycles. The van der Waals surface area contributed by atoms with E-state index < -0.39 is 0 Å². The Balaban J connectivity index is 0.00000192. The lowest BCUT2D eigenvalue weighted by molar-refractivity contribution is 0.327. The Labute approximate surface area is 156 Å². The maximum Gasteiger partial charge on any atom is 0.193 e. The highest BCUT2D eigenvalue weighted by Crippen LogP contribution is 2.36. The minimum atomic E-state index is 0. The topological polar surface area (TPSA) is 45.5 Å². The van der Waals surface area contributed by atoms with E-state index in [0.29, 0.717) is 11.3 Å². The molecule has 23 heavy (non-hydrogen) atoms. The number of hydrogen-bond donors (Lipinski definition) is 1. The van der Waals surface area contributed by atoms with Crippen LogP contribution in [0.15, 0.2) is 17.4 Å². The molecule has 2 fully saturated rings. The fourth-order valence-corrected chi connectivity index (χ4v) is 3.91. The van der Waals surface area contributed by atoms with Crippen LogP contribution >= 0.6 is 24.0 Å². The molecule has 1 aromatic rings. The van der Waals surface area contributed by atoms with Crippen molar-refractivity contribution in [3.05, 3.63) is 18.0 Å². The molecular weight excluding hydrogens is 401 g/mol. The lowest BCUT2D eigenvalue weighted by Gasteiger charge is -2.28. The van der Waals surface area contributed by atoms with Crippen molar-refractivity contribution in [1.82, 2.24) is 20.0 Å². The van der Waals surface area contributed by atoms with Gasteiger partial charge in [0.25, 0.3) is 0 Å². The van der Waals surface area contributed by atoms with E-state index in [0.717, 1.165) is 25.6 Å². The van der Waals surface area contributed by atoms with E-state index in [1.807, 2.05) is 25.0 Å². The van der Waals surface area contributed by atoms with Gasteiger partial charge in [-0.3, -0.25) is 9.67 Å². The zero-order valence-electron chi connectivity index (χ0n) is 14.6. The smallest absolute Gasteiger partial charge is 0.193 e. The third-order valence-electron chi connectivity index (χ3n) is 5.38. The van der Waals surface area contributed by atoms with E-state index in [2.05, 4.69) is 33.4 Å². The van der Waals surface area contributed by atoms with Gasteiger partial charge in [0.2, 0.25) is 0 Å². The van der Waals surface area contributed by atoms with Crippen LogP contribution in [0.1, 0.15) is 50.5 Å². The van der Waals surface area contributed by atoms with E-state index in [1.54, 1.807) is 0 Å². The Bertz CT molecular complexity index is 533. The largest absolute Gasteiger partial charge is 0.356 e. The van der Waals surface area contributed by atoms with Gasteiger partial charge >= 0.3 is 0 Å². The van der Waals surface area contributed by atoms with Crippen LogP contribution in [0.3, 0.4) is 0 Å². The van der Waals surface area contributed by atoms with Crippen molar-refractivity contribution in [1.29, 1.82) is 0 Å². The molecule has 0 radical (unpaired) electrons. The van der Waals surface area contributed by atoms with Crippen molar-refractivity contribution in [3.63, 3.8) is 0 Å². The highest BCUT2D eigenvalue weighted by Gasteiger charge is 2.31. The highest BCUT2D eigenvalue weighted by molar-refractivity contribution is 14.0. The van der Waals surface area contributed by atoms with Gasteiger partial charge in [0.15, 0.2) is 5.96 Å². The Kier molecular flexibility index (Phi) is 6.33. The average Bonchev–Trinajstić information content (AvgIpc) is 3.21. The van der Waals surface area contributed by atoms with E-state index in [-0.39, 0.29) is 24.0 Å². The van der Waals surface area contributed by atoms with Gasteiger partial charge in [-0.1, -0.05) is 19.8 Å². The van der Waals surface area contributed by atoms with Crippen LogP contribution in [0.5, 0.6) is 0 Å². The lowest BCUT2D eigenvalue weighted by atomic mass is 9.89. The molecule has 1 unspecified atom stereocenters. The molecule has 6 heteroatoms. The van der Waals surface area contributed by atoms with Gasteiger partial charge < -0.3 is 10.2 Å². The number of aliphatic imine (C=N–C) groups is 1. The van der Waals surface area contributed by atoms with Crippen molar-refractivity contribution in [2.45, 2.75) is 44.9 Å². The molecule has 0 aromatic carbocycles. The minimum Gasteiger partial charge on any atom is -0.356 e. The zero-order valence-corrected chi connectivity index (χ0v) is 16.9. The molecule has 0 bridgehead atoms. The molecule has 1 aromatic heterocycles. The number of aryl methyl sites for hydroxylation is 1. The minimum absolute atomic E-state index is 0. The van der Waals surface area contributed by atoms with Crippen LogP contribution in [0.4, 0.5) is 0 Å². The summed E-state index contributed by atoms with van der Waals surface area (Å²) in [5, 5.41) is 7.93. The predicted octanol–water partition coefficient (Wildman–Crippen LogP) is 2.98. The number of nitrogens with zero attached hydrogens (tertiary/aromatic N) is 4. The van der Waals surface area contributed by atoms with Crippen LogP contribution in [0.2, 0.25) is 0 Å². The lowest BCUT2D eigenvalue weighted by Crippen LogP contribution is -2.43. The van der Waals surface area contributed by atoms with Gasteiger partial charge in [0.05, 0.1) is 6.20 Å². The quantitative estimate of drug-likeness (QED) is 0.455. The van der Waals surface area contributed by atoms with Crippen molar-refractivity contribution < 1.29 is 0 Å². The molecule has 1 atom stereocenters. The number of nitrogens with one attached hydrogen (secondary N) is 1. The van der Waals surface area contributed by atoms with Gasteiger partial charge in [-0.25, -0.2) is 0 Å². The fourth-order valence-electron chi connectivity index (χ4n) is 3.91. The fraction of sp³-hybridized carbons (Fsp3) is 0.765. The summed E-state index contributed by atoms with van der Waals surface area (Å²) in [6.07, 6.45) is 10.8. The van der Waals surface area contributed by atoms with Gasteiger partial charge in [-0.15, -0.1) is 24.0 Å². The molecule has 5 nitrogen and oxygen atoms in total. The highest BCUT2D eigenvalue weighted by atomic mass is 127. The van der Waals surface area contributed by atoms with Crippen molar-refractivity contribution in [3.8, 4) is 0 Å². The van der Waals surface area contributed by atoms with E-state index in [1.165, 1.54) is 37.7 Å². The molecule has 1 aliphatic heterocycles. The van der Waals surface area contributed by atoms with E-state index in [9.17, 15) is 0 Å². The molecule has 3 rings (SSSR count). The molecule has 130 valence electrons. The van der Waals surface area contributed by atoms with Gasteiger partial charge in [-0.05, 0) is 30.2 Å². The summed E-state index contributed by atoms with van der Waals surface area (Å²) in [5.74, 6) is 1.65. The maximum absolute atomic E-state index is 4.51. The maximum atomic E-state index is 4.51. The summed E-state index contributed by atoms with van der Waals surface area (Å²) in [7, 11) is 3.88. The van der Waals surface area contributed by atoms with Gasteiger partial charge in [-0.2, -0.15) is 5.10 Å². The molecule has 0 amide bonds. The third-order valence-corrected chi connectivity index (χ3v) is 5.38. The second-order valence-corrected chi connectivity index (χ2v) is 7.30. The molecule has 1 aliphatic carbocycles. The van der Waals surface area contributed by atoms with E-state index in [4.69, 9.17) is 0 Å².